The van der Waals surface area contributed by atoms with Gasteiger partial charge in [-0.25, -0.2) is 15.0 Å². The molecule has 2 aromatic heterocycles. The third-order valence-corrected chi connectivity index (χ3v) is 4.25. The number of rotatable bonds is 3. The van der Waals surface area contributed by atoms with Crippen LogP contribution in [0.3, 0.4) is 0 Å². The summed E-state index contributed by atoms with van der Waals surface area (Å²) in [6.45, 7) is 7.87. The molecule has 1 fully saturated rings. The number of aliphatic imine (C=N–C) groups is 1. The molecule has 0 saturated carbocycles. The molecule has 0 atom stereocenters. The van der Waals surface area contributed by atoms with Crippen LogP contribution >= 0.6 is 0 Å². The molecule has 0 aliphatic carbocycles. The van der Waals surface area contributed by atoms with Gasteiger partial charge in [-0.05, 0) is 31.5 Å². The number of aromatic nitrogens is 3. The summed E-state index contributed by atoms with van der Waals surface area (Å²) in [7, 11) is 0. The molecule has 0 amide bonds. The summed E-state index contributed by atoms with van der Waals surface area (Å²) in [6, 6.07) is 5.90. The second kappa shape index (κ2) is 7.25. The summed E-state index contributed by atoms with van der Waals surface area (Å²) in [5, 5.41) is 0. The van der Waals surface area contributed by atoms with E-state index in [1.165, 1.54) is 5.56 Å². The van der Waals surface area contributed by atoms with Gasteiger partial charge in [-0.3, -0.25) is 4.98 Å². The largest absolute Gasteiger partial charge is 0.370 e. The Morgan fingerprint density at radius 3 is 2.50 bits per heavy atom. The van der Waals surface area contributed by atoms with E-state index in [0.717, 1.165) is 43.5 Å². The van der Waals surface area contributed by atoms with E-state index in [-0.39, 0.29) is 0 Å². The maximum atomic E-state index is 6.15. The van der Waals surface area contributed by atoms with E-state index in [1.807, 2.05) is 19.1 Å². The Labute approximate surface area is 142 Å². The van der Waals surface area contributed by atoms with Crippen LogP contribution in [0.1, 0.15) is 17.0 Å². The molecule has 24 heavy (non-hydrogen) atoms. The average Bonchev–Trinajstić information content (AvgIpc) is 2.63. The summed E-state index contributed by atoms with van der Waals surface area (Å²) < 4.78 is 0. The van der Waals surface area contributed by atoms with Crippen molar-refractivity contribution in [2.24, 2.45) is 10.7 Å². The van der Waals surface area contributed by atoms with Gasteiger partial charge in [-0.1, -0.05) is 6.07 Å². The number of hydrogen-bond acceptors (Lipinski definition) is 5. The lowest BCUT2D eigenvalue weighted by Gasteiger charge is -2.35. The van der Waals surface area contributed by atoms with Crippen LogP contribution in [0.5, 0.6) is 0 Å². The maximum Gasteiger partial charge on any atom is 0.225 e. The van der Waals surface area contributed by atoms with Crippen molar-refractivity contribution in [3.8, 4) is 0 Å². The Kier molecular flexibility index (Phi) is 4.88. The molecule has 7 nitrogen and oxygen atoms in total. The average molecular weight is 325 g/mol. The van der Waals surface area contributed by atoms with Gasteiger partial charge < -0.3 is 15.5 Å². The highest BCUT2D eigenvalue weighted by Gasteiger charge is 2.19. The van der Waals surface area contributed by atoms with E-state index in [2.05, 4.69) is 42.7 Å². The monoisotopic (exact) mass is 325 g/mol. The summed E-state index contributed by atoms with van der Waals surface area (Å²) >= 11 is 0. The summed E-state index contributed by atoms with van der Waals surface area (Å²) in [5.41, 5.74) is 9.32. The number of hydrogen-bond donors (Lipinski definition) is 1. The van der Waals surface area contributed by atoms with E-state index in [1.54, 1.807) is 12.4 Å². The van der Waals surface area contributed by atoms with Crippen molar-refractivity contribution in [1.82, 2.24) is 19.9 Å². The van der Waals surface area contributed by atoms with Gasteiger partial charge in [0.15, 0.2) is 5.96 Å². The molecule has 0 spiro atoms. The minimum atomic E-state index is 0.509. The van der Waals surface area contributed by atoms with Crippen molar-refractivity contribution in [2.75, 3.05) is 31.1 Å². The smallest absolute Gasteiger partial charge is 0.225 e. The molecule has 2 aromatic rings. The molecular weight excluding hydrogens is 302 g/mol. The Hall–Kier alpha value is -2.70. The number of piperazine rings is 1. The highest BCUT2D eigenvalue weighted by molar-refractivity contribution is 5.78. The fourth-order valence-electron chi connectivity index (χ4n) is 2.62. The Morgan fingerprint density at radius 1 is 1.12 bits per heavy atom. The summed E-state index contributed by atoms with van der Waals surface area (Å²) in [4.78, 5) is 21.9. The first-order valence-electron chi connectivity index (χ1n) is 8.13. The van der Waals surface area contributed by atoms with Crippen molar-refractivity contribution in [3.63, 3.8) is 0 Å². The van der Waals surface area contributed by atoms with E-state index in [0.29, 0.717) is 12.5 Å². The van der Waals surface area contributed by atoms with Gasteiger partial charge in [0.05, 0.1) is 12.2 Å². The van der Waals surface area contributed by atoms with Crippen molar-refractivity contribution in [1.29, 1.82) is 0 Å². The molecule has 3 rings (SSSR count). The van der Waals surface area contributed by atoms with Gasteiger partial charge >= 0.3 is 0 Å². The number of nitrogens with zero attached hydrogens (tertiary/aromatic N) is 6. The first-order chi connectivity index (χ1) is 11.6. The van der Waals surface area contributed by atoms with Gasteiger partial charge in [0, 0.05) is 44.3 Å². The standard InChI is InChI=1S/C17H23N7/c1-13-4-5-15(22-14(13)2)12-21-16(18)23-8-10-24(11-9-23)17-19-6-3-7-20-17/h3-7H,8-12H2,1-2H3,(H2,18,21). The molecule has 1 aliphatic heterocycles. The lowest BCUT2D eigenvalue weighted by molar-refractivity contribution is 0.378. The van der Waals surface area contributed by atoms with E-state index >= 15 is 0 Å². The number of anilines is 1. The van der Waals surface area contributed by atoms with Crippen LogP contribution in [0.25, 0.3) is 0 Å². The molecule has 0 bridgehead atoms. The lowest BCUT2D eigenvalue weighted by atomic mass is 10.2. The Bertz CT molecular complexity index is 706. The van der Waals surface area contributed by atoms with Crippen LogP contribution in [0.2, 0.25) is 0 Å². The Morgan fingerprint density at radius 2 is 1.83 bits per heavy atom. The van der Waals surface area contributed by atoms with Gasteiger partial charge in [0.25, 0.3) is 0 Å². The second-order valence-corrected chi connectivity index (χ2v) is 5.90. The molecule has 126 valence electrons. The molecule has 3 heterocycles. The van der Waals surface area contributed by atoms with E-state index in [9.17, 15) is 0 Å². The quantitative estimate of drug-likeness (QED) is 0.673. The first-order valence-corrected chi connectivity index (χ1v) is 8.13. The normalized spacial score (nSPS) is 15.7. The third kappa shape index (κ3) is 3.79. The first kappa shape index (κ1) is 16.2. The molecule has 7 heteroatoms. The summed E-state index contributed by atoms with van der Waals surface area (Å²) in [5.74, 6) is 1.34. The van der Waals surface area contributed by atoms with Crippen LogP contribution in [0.15, 0.2) is 35.6 Å². The van der Waals surface area contributed by atoms with Gasteiger partial charge in [-0.15, -0.1) is 0 Å². The third-order valence-electron chi connectivity index (χ3n) is 4.25. The fraction of sp³-hybridized carbons (Fsp3) is 0.412. The lowest BCUT2D eigenvalue weighted by Crippen LogP contribution is -2.51. The van der Waals surface area contributed by atoms with Gasteiger partial charge in [0.1, 0.15) is 0 Å². The minimum Gasteiger partial charge on any atom is -0.370 e. The van der Waals surface area contributed by atoms with Crippen molar-refractivity contribution in [2.45, 2.75) is 20.4 Å². The SMILES string of the molecule is Cc1ccc(CN=C(N)N2CCN(c3ncccn3)CC2)nc1C. The van der Waals surface area contributed by atoms with E-state index < -0.39 is 0 Å². The molecule has 2 N–H and O–H groups in total. The van der Waals surface area contributed by atoms with Crippen molar-refractivity contribution >= 4 is 11.9 Å². The van der Waals surface area contributed by atoms with Gasteiger partial charge in [0.2, 0.25) is 5.95 Å². The number of aryl methyl sites for hydroxylation is 2. The zero-order valence-corrected chi connectivity index (χ0v) is 14.2. The topological polar surface area (TPSA) is 83.5 Å². The minimum absolute atomic E-state index is 0.509. The predicted octanol–water partition coefficient (Wildman–Crippen LogP) is 1.13. The number of guanidine groups is 1. The molecule has 0 radical (unpaired) electrons. The molecular formula is C17H23N7. The van der Waals surface area contributed by atoms with Crippen LogP contribution < -0.4 is 10.6 Å². The van der Waals surface area contributed by atoms with Gasteiger partial charge in [-0.2, -0.15) is 0 Å². The zero-order valence-electron chi connectivity index (χ0n) is 14.2. The van der Waals surface area contributed by atoms with Crippen molar-refractivity contribution < 1.29 is 0 Å². The van der Waals surface area contributed by atoms with Crippen LogP contribution in [0.4, 0.5) is 5.95 Å². The molecule has 1 aliphatic rings. The molecule has 1 saturated heterocycles. The summed E-state index contributed by atoms with van der Waals surface area (Å²) in [6.07, 6.45) is 3.53. The van der Waals surface area contributed by atoms with Crippen LogP contribution in [-0.4, -0.2) is 52.0 Å². The fourth-order valence-corrected chi connectivity index (χ4v) is 2.62. The van der Waals surface area contributed by atoms with Crippen LogP contribution in [-0.2, 0) is 6.54 Å². The van der Waals surface area contributed by atoms with E-state index in [4.69, 9.17) is 5.73 Å². The van der Waals surface area contributed by atoms with Crippen molar-refractivity contribution in [3.05, 3.63) is 47.5 Å². The molecule has 0 unspecified atom stereocenters. The molecule has 0 aromatic carbocycles. The highest BCUT2D eigenvalue weighted by Crippen LogP contribution is 2.10. The highest BCUT2D eigenvalue weighted by atomic mass is 15.3. The Balaban J connectivity index is 1.56. The predicted molar refractivity (Wildman–Crippen MR) is 94.9 cm³/mol. The van der Waals surface area contributed by atoms with Crippen LogP contribution in [0, 0.1) is 13.8 Å². The number of nitrogens with two attached hydrogens (primary N) is 1. The zero-order chi connectivity index (χ0) is 16.9. The second-order valence-electron chi connectivity index (χ2n) is 5.90. The maximum absolute atomic E-state index is 6.15. The number of pyridine rings is 1.